The highest BCUT2D eigenvalue weighted by Gasteiger charge is 1.98. The average molecular weight is 222 g/mol. The second kappa shape index (κ2) is 6.85. The van der Waals surface area contributed by atoms with E-state index < -0.39 is 5.91 Å². The molecule has 0 unspecified atom stereocenters. The van der Waals surface area contributed by atoms with E-state index in [1.54, 1.807) is 12.1 Å². The summed E-state index contributed by atoms with van der Waals surface area (Å²) in [5.41, 5.74) is 6.64. The van der Waals surface area contributed by atoms with Crippen molar-refractivity contribution >= 4 is 11.6 Å². The number of anilines is 1. The fourth-order valence-corrected chi connectivity index (χ4v) is 1.40. The molecule has 0 saturated carbocycles. The molecule has 1 rings (SSSR count). The summed E-state index contributed by atoms with van der Waals surface area (Å²) in [6.07, 6.45) is 2.89. The molecule has 0 atom stereocenters. The summed E-state index contributed by atoms with van der Waals surface area (Å²) in [5, 5.41) is 11.8. The third-order valence-electron chi connectivity index (χ3n) is 2.33. The van der Waals surface area contributed by atoms with Crippen LogP contribution in [0.4, 0.5) is 5.69 Å². The molecule has 0 aromatic heterocycles. The van der Waals surface area contributed by atoms with Crippen molar-refractivity contribution in [2.45, 2.75) is 19.3 Å². The van der Waals surface area contributed by atoms with Gasteiger partial charge in [0.05, 0.1) is 0 Å². The Bertz CT molecular complexity index is 322. The topological polar surface area (TPSA) is 75.4 Å². The fraction of sp³-hybridized carbons (Fsp3) is 0.417. The smallest absolute Gasteiger partial charge is 0.248 e. The van der Waals surface area contributed by atoms with Crippen molar-refractivity contribution in [3.05, 3.63) is 29.8 Å². The predicted molar refractivity (Wildman–Crippen MR) is 64.4 cm³/mol. The van der Waals surface area contributed by atoms with Gasteiger partial charge in [-0.1, -0.05) is 0 Å². The second-order valence-electron chi connectivity index (χ2n) is 3.65. The van der Waals surface area contributed by atoms with E-state index in [0.29, 0.717) is 5.56 Å². The minimum absolute atomic E-state index is 0.257. The van der Waals surface area contributed by atoms with Crippen LogP contribution in [-0.4, -0.2) is 24.2 Å². The quantitative estimate of drug-likeness (QED) is 0.610. The molecule has 0 fully saturated rings. The Morgan fingerprint density at radius 3 is 2.44 bits per heavy atom. The van der Waals surface area contributed by atoms with Crippen LogP contribution >= 0.6 is 0 Å². The number of rotatable bonds is 7. The molecule has 0 aliphatic carbocycles. The Hall–Kier alpha value is -1.55. The molecular formula is C12H18N2O2. The molecule has 1 aromatic rings. The van der Waals surface area contributed by atoms with Crippen LogP contribution in [-0.2, 0) is 0 Å². The molecular weight excluding hydrogens is 204 g/mol. The third-order valence-corrected chi connectivity index (χ3v) is 2.33. The van der Waals surface area contributed by atoms with Gasteiger partial charge in [-0.2, -0.15) is 0 Å². The lowest BCUT2D eigenvalue weighted by Crippen LogP contribution is -2.10. The number of unbranched alkanes of at least 4 members (excludes halogenated alkanes) is 2. The zero-order valence-electron chi connectivity index (χ0n) is 9.28. The molecule has 88 valence electrons. The summed E-state index contributed by atoms with van der Waals surface area (Å²) in [6.45, 7) is 1.13. The minimum Gasteiger partial charge on any atom is -0.396 e. The van der Waals surface area contributed by atoms with E-state index in [1.165, 1.54) is 0 Å². The van der Waals surface area contributed by atoms with Gasteiger partial charge in [0.15, 0.2) is 0 Å². The number of carbonyl (C=O) groups is 1. The first-order chi connectivity index (χ1) is 7.74. The largest absolute Gasteiger partial charge is 0.396 e. The van der Waals surface area contributed by atoms with Crippen molar-refractivity contribution in [3.63, 3.8) is 0 Å². The molecule has 1 aromatic carbocycles. The van der Waals surface area contributed by atoms with Gasteiger partial charge in [0.1, 0.15) is 0 Å². The summed E-state index contributed by atoms with van der Waals surface area (Å²) in [5.74, 6) is -0.408. The maximum atomic E-state index is 10.8. The molecule has 1 amide bonds. The number of carbonyl (C=O) groups excluding carboxylic acids is 1. The lowest BCUT2D eigenvalue weighted by molar-refractivity contribution is 0.100. The summed E-state index contributed by atoms with van der Waals surface area (Å²) in [6, 6.07) is 7.09. The van der Waals surface area contributed by atoms with Gasteiger partial charge >= 0.3 is 0 Å². The molecule has 0 aliphatic rings. The normalized spacial score (nSPS) is 10.1. The molecule has 0 heterocycles. The maximum absolute atomic E-state index is 10.8. The van der Waals surface area contributed by atoms with Crippen molar-refractivity contribution in [2.24, 2.45) is 5.73 Å². The van der Waals surface area contributed by atoms with Crippen LogP contribution in [0.2, 0.25) is 0 Å². The number of nitrogens with two attached hydrogens (primary N) is 1. The Balaban J connectivity index is 2.29. The molecule has 4 N–H and O–H groups in total. The van der Waals surface area contributed by atoms with Crippen LogP contribution in [0.15, 0.2) is 24.3 Å². The monoisotopic (exact) mass is 222 g/mol. The molecule has 4 heteroatoms. The minimum atomic E-state index is -0.408. The van der Waals surface area contributed by atoms with Gasteiger partial charge < -0.3 is 16.2 Å². The first-order valence-electron chi connectivity index (χ1n) is 5.48. The first kappa shape index (κ1) is 12.5. The van der Waals surface area contributed by atoms with Crippen LogP contribution in [0, 0.1) is 0 Å². The Morgan fingerprint density at radius 1 is 1.19 bits per heavy atom. The number of hydrogen-bond donors (Lipinski definition) is 3. The Kier molecular flexibility index (Phi) is 5.36. The number of primary amides is 1. The van der Waals surface area contributed by atoms with Gasteiger partial charge in [-0.15, -0.1) is 0 Å². The van der Waals surface area contributed by atoms with E-state index in [9.17, 15) is 4.79 Å². The van der Waals surface area contributed by atoms with Crippen LogP contribution in [0.1, 0.15) is 29.6 Å². The Morgan fingerprint density at radius 2 is 1.88 bits per heavy atom. The number of aliphatic hydroxyl groups excluding tert-OH is 1. The van der Waals surface area contributed by atoms with Crippen LogP contribution < -0.4 is 11.1 Å². The number of amides is 1. The lowest BCUT2D eigenvalue weighted by atomic mass is 10.2. The number of nitrogens with one attached hydrogen (secondary N) is 1. The first-order valence-corrected chi connectivity index (χ1v) is 5.48. The van der Waals surface area contributed by atoms with E-state index in [-0.39, 0.29) is 6.61 Å². The summed E-state index contributed by atoms with van der Waals surface area (Å²) >= 11 is 0. The van der Waals surface area contributed by atoms with Gasteiger partial charge in [-0.3, -0.25) is 4.79 Å². The SMILES string of the molecule is NC(=O)c1ccc(NCCCCCO)cc1. The van der Waals surface area contributed by atoms with Gasteiger partial charge in [0.2, 0.25) is 5.91 Å². The molecule has 0 saturated heterocycles. The third kappa shape index (κ3) is 4.31. The van der Waals surface area contributed by atoms with Crippen LogP contribution in [0.5, 0.6) is 0 Å². The highest BCUT2D eigenvalue weighted by atomic mass is 16.2. The fourth-order valence-electron chi connectivity index (χ4n) is 1.40. The second-order valence-corrected chi connectivity index (χ2v) is 3.65. The van der Waals surface area contributed by atoms with Crippen molar-refractivity contribution in [2.75, 3.05) is 18.5 Å². The molecule has 0 aliphatic heterocycles. The molecule has 0 bridgehead atoms. The van der Waals surface area contributed by atoms with E-state index in [4.69, 9.17) is 10.8 Å². The molecule has 0 radical (unpaired) electrons. The van der Waals surface area contributed by atoms with Gasteiger partial charge in [-0.25, -0.2) is 0 Å². The van der Waals surface area contributed by atoms with Gasteiger partial charge in [0.25, 0.3) is 0 Å². The van der Waals surface area contributed by atoms with Crippen molar-refractivity contribution in [3.8, 4) is 0 Å². The van der Waals surface area contributed by atoms with Crippen LogP contribution in [0.3, 0.4) is 0 Å². The predicted octanol–water partition coefficient (Wildman–Crippen LogP) is 1.36. The highest BCUT2D eigenvalue weighted by Crippen LogP contribution is 2.09. The standard InChI is InChI=1S/C12H18N2O2/c13-12(16)10-4-6-11(7-5-10)14-8-2-1-3-9-15/h4-7,14-15H,1-3,8-9H2,(H2,13,16). The summed E-state index contributed by atoms with van der Waals surface area (Å²) in [4.78, 5) is 10.8. The number of aliphatic hydroxyl groups is 1. The van der Waals surface area contributed by atoms with Crippen LogP contribution in [0.25, 0.3) is 0 Å². The zero-order valence-corrected chi connectivity index (χ0v) is 9.28. The average Bonchev–Trinajstić information content (AvgIpc) is 2.29. The molecule has 0 spiro atoms. The van der Waals surface area contributed by atoms with E-state index >= 15 is 0 Å². The molecule has 16 heavy (non-hydrogen) atoms. The van der Waals surface area contributed by atoms with Gasteiger partial charge in [-0.05, 0) is 43.5 Å². The summed E-state index contributed by atoms with van der Waals surface area (Å²) in [7, 11) is 0. The highest BCUT2D eigenvalue weighted by molar-refractivity contribution is 5.93. The van der Waals surface area contributed by atoms with Crippen molar-refractivity contribution < 1.29 is 9.90 Å². The van der Waals surface area contributed by atoms with Gasteiger partial charge in [0, 0.05) is 24.4 Å². The summed E-state index contributed by atoms with van der Waals surface area (Å²) < 4.78 is 0. The number of hydrogen-bond acceptors (Lipinski definition) is 3. The number of benzene rings is 1. The Labute approximate surface area is 95.5 Å². The van der Waals surface area contributed by atoms with E-state index in [0.717, 1.165) is 31.5 Å². The van der Waals surface area contributed by atoms with E-state index in [2.05, 4.69) is 5.32 Å². The molecule has 4 nitrogen and oxygen atoms in total. The van der Waals surface area contributed by atoms with Crippen molar-refractivity contribution in [1.82, 2.24) is 0 Å². The van der Waals surface area contributed by atoms with E-state index in [1.807, 2.05) is 12.1 Å². The lowest BCUT2D eigenvalue weighted by Gasteiger charge is -2.06. The zero-order chi connectivity index (χ0) is 11.8. The van der Waals surface area contributed by atoms with Crippen molar-refractivity contribution in [1.29, 1.82) is 0 Å². The maximum Gasteiger partial charge on any atom is 0.248 e.